The van der Waals surface area contributed by atoms with Crippen molar-refractivity contribution in [3.8, 4) is 0 Å². The van der Waals surface area contributed by atoms with Crippen LogP contribution >= 0.6 is 0 Å². The first-order chi connectivity index (χ1) is 9.64. The van der Waals surface area contributed by atoms with E-state index in [9.17, 15) is 14.0 Å². The van der Waals surface area contributed by atoms with Crippen molar-refractivity contribution in [3.63, 3.8) is 0 Å². The van der Waals surface area contributed by atoms with Gasteiger partial charge in [0, 0.05) is 6.54 Å². The summed E-state index contributed by atoms with van der Waals surface area (Å²) in [5.74, 6) is -2.71. The van der Waals surface area contributed by atoms with Crippen molar-refractivity contribution in [1.82, 2.24) is 0 Å². The summed E-state index contributed by atoms with van der Waals surface area (Å²) in [7, 11) is 0. The van der Waals surface area contributed by atoms with E-state index in [4.69, 9.17) is 10.8 Å². The van der Waals surface area contributed by atoms with Gasteiger partial charge < -0.3 is 16.2 Å². The average molecular weight is 296 g/mol. The van der Waals surface area contributed by atoms with Gasteiger partial charge >= 0.3 is 5.97 Å². The quantitative estimate of drug-likeness (QED) is 0.778. The van der Waals surface area contributed by atoms with Crippen LogP contribution in [0.1, 0.15) is 37.6 Å². The molecule has 0 radical (unpaired) electrons. The number of aromatic carboxylic acids is 1. The minimum atomic E-state index is -1.23. The summed E-state index contributed by atoms with van der Waals surface area (Å²) < 4.78 is 13.2. The van der Waals surface area contributed by atoms with E-state index in [-0.39, 0.29) is 23.2 Å². The maximum Gasteiger partial charge on any atom is 0.337 e. The fourth-order valence-electron chi connectivity index (χ4n) is 2.06. The first-order valence-corrected chi connectivity index (χ1v) is 6.68. The van der Waals surface area contributed by atoms with E-state index in [0.29, 0.717) is 6.42 Å². The molecule has 6 heteroatoms. The van der Waals surface area contributed by atoms with Crippen molar-refractivity contribution < 1.29 is 19.1 Å². The zero-order valence-corrected chi connectivity index (χ0v) is 12.4. The van der Waals surface area contributed by atoms with Crippen LogP contribution in [-0.2, 0) is 4.79 Å². The highest BCUT2D eigenvalue weighted by atomic mass is 19.1. The molecule has 21 heavy (non-hydrogen) atoms. The summed E-state index contributed by atoms with van der Waals surface area (Å²) in [5, 5.41) is 11.5. The van der Waals surface area contributed by atoms with Gasteiger partial charge in [-0.05, 0) is 30.0 Å². The van der Waals surface area contributed by atoms with Gasteiger partial charge in [0.1, 0.15) is 5.82 Å². The number of rotatable bonds is 5. The number of hydrogen-bond acceptors (Lipinski definition) is 3. The lowest BCUT2D eigenvalue weighted by Gasteiger charge is -2.24. The molecule has 0 aromatic heterocycles. The number of benzene rings is 1. The first-order valence-electron chi connectivity index (χ1n) is 6.68. The predicted molar refractivity (Wildman–Crippen MR) is 78.6 cm³/mol. The second-order valence-electron chi connectivity index (χ2n) is 6.18. The summed E-state index contributed by atoms with van der Waals surface area (Å²) >= 11 is 0. The van der Waals surface area contributed by atoms with Crippen molar-refractivity contribution >= 4 is 17.6 Å². The first kappa shape index (κ1) is 17.1. The molecule has 116 valence electrons. The van der Waals surface area contributed by atoms with Crippen LogP contribution in [0, 0.1) is 17.2 Å². The number of amides is 1. The highest BCUT2D eigenvalue weighted by molar-refractivity contribution is 6.01. The lowest BCUT2D eigenvalue weighted by atomic mass is 9.84. The molecule has 0 fully saturated rings. The SMILES string of the molecule is CC(C)(C)CC(CN)C(=O)Nc1cc(F)ccc1C(=O)O. The van der Waals surface area contributed by atoms with Crippen molar-refractivity contribution in [2.24, 2.45) is 17.1 Å². The Morgan fingerprint density at radius 1 is 1.38 bits per heavy atom. The third-order valence-electron chi connectivity index (χ3n) is 2.98. The van der Waals surface area contributed by atoms with Gasteiger partial charge in [-0.2, -0.15) is 0 Å². The summed E-state index contributed by atoms with van der Waals surface area (Å²) in [6, 6.07) is 3.15. The molecule has 1 aromatic carbocycles. The number of halogens is 1. The molecule has 5 nitrogen and oxygen atoms in total. The largest absolute Gasteiger partial charge is 0.478 e. The van der Waals surface area contributed by atoms with E-state index in [1.165, 1.54) is 0 Å². The van der Waals surface area contributed by atoms with E-state index in [1.54, 1.807) is 0 Å². The van der Waals surface area contributed by atoms with Crippen LogP contribution in [0.3, 0.4) is 0 Å². The van der Waals surface area contributed by atoms with Crippen LogP contribution in [0.25, 0.3) is 0 Å². The van der Waals surface area contributed by atoms with Gasteiger partial charge in [0.05, 0.1) is 17.2 Å². The molecule has 0 aliphatic rings. The van der Waals surface area contributed by atoms with E-state index in [2.05, 4.69) is 5.32 Å². The van der Waals surface area contributed by atoms with Crippen molar-refractivity contribution in [2.75, 3.05) is 11.9 Å². The van der Waals surface area contributed by atoms with Crippen molar-refractivity contribution in [3.05, 3.63) is 29.6 Å². The summed E-state index contributed by atoms with van der Waals surface area (Å²) in [5.41, 5.74) is 5.30. The molecule has 0 saturated heterocycles. The molecule has 0 aliphatic heterocycles. The molecule has 1 aromatic rings. The Bertz CT molecular complexity index is 538. The minimum Gasteiger partial charge on any atom is -0.478 e. The Hall–Kier alpha value is -1.95. The highest BCUT2D eigenvalue weighted by Crippen LogP contribution is 2.25. The molecule has 4 N–H and O–H groups in total. The molecule has 1 unspecified atom stereocenters. The molecular weight excluding hydrogens is 275 g/mol. The van der Waals surface area contributed by atoms with E-state index >= 15 is 0 Å². The number of carbonyl (C=O) groups is 2. The number of carboxylic acids is 1. The molecule has 0 spiro atoms. The second-order valence-corrected chi connectivity index (χ2v) is 6.18. The zero-order chi connectivity index (χ0) is 16.2. The van der Waals surface area contributed by atoms with Gasteiger partial charge in [0.25, 0.3) is 0 Å². The number of carboxylic acid groups (broad SMARTS) is 1. The van der Waals surface area contributed by atoms with E-state index in [0.717, 1.165) is 18.2 Å². The van der Waals surface area contributed by atoms with Crippen molar-refractivity contribution in [1.29, 1.82) is 0 Å². The van der Waals surface area contributed by atoms with Gasteiger partial charge in [0.15, 0.2) is 0 Å². The van der Waals surface area contributed by atoms with Crippen LogP contribution in [-0.4, -0.2) is 23.5 Å². The van der Waals surface area contributed by atoms with E-state index < -0.39 is 23.6 Å². The summed E-state index contributed by atoms with van der Waals surface area (Å²) in [4.78, 5) is 23.3. The fraction of sp³-hybridized carbons (Fsp3) is 0.467. The van der Waals surface area contributed by atoms with Crippen molar-refractivity contribution in [2.45, 2.75) is 27.2 Å². The van der Waals surface area contributed by atoms with Gasteiger partial charge in [0.2, 0.25) is 5.91 Å². The van der Waals surface area contributed by atoms with E-state index in [1.807, 2.05) is 20.8 Å². The highest BCUT2D eigenvalue weighted by Gasteiger charge is 2.25. The number of carbonyl (C=O) groups excluding carboxylic acids is 1. The maximum absolute atomic E-state index is 13.2. The smallest absolute Gasteiger partial charge is 0.337 e. The number of nitrogens with two attached hydrogens (primary N) is 1. The number of nitrogens with one attached hydrogen (secondary N) is 1. The Balaban J connectivity index is 2.96. The van der Waals surface area contributed by atoms with Gasteiger partial charge in [-0.25, -0.2) is 9.18 Å². The Labute approximate surface area is 123 Å². The topological polar surface area (TPSA) is 92.4 Å². The summed E-state index contributed by atoms with van der Waals surface area (Å²) in [6.45, 7) is 6.08. The van der Waals surface area contributed by atoms with Crippen LogP contribution < -0.4 is 11.1 Å². The number of hydrogen-bond donors (Lipinski definition) is 3. The predicted octanol–water partition coefficient (Wildman–Crippen LogP) is 2.47. The lowest BCUT2D eigenvalue weighted by molar-refractivity contribution is -0.120. The van der Waals surface area contributed by atoms with Gasteiger partial charge in [-0.3, -0.25) is 4.79 Å². The minimum absolute atomic E-state index is 0.0557. The fourth-order valence-corrected chi connectivity index (χ4v) is 2.06. The van der Waals surface area contributed by atoms with Crippen LogP contribution in [0.4, 0.5) is 10.1 Å². The Kier molecular flexibility index (Phi) is 5.43. The molecule has 0 saturated carbocycles. The molecule has 0 heterocycles. The monoisotopic (exact) mass is 296 g/mol. The second kappa shape index (κ2) is 6.67. The molecule has 1 amide bonds. The van der Waals surface area contributed by atoms with Crippen LogP contribution in [0.15, 0.2) is 18.2 Å². The lowest BCUT2D eigenvalue weighted by Crippen LogP contribution is -2.33. The zero-order valence-electron chi connectivity index (χ0n) is 12.4. The normalized spacial score (nSPS) is 12.8. The third-order valence-corrected chi connectivity index (χ3v) is 2.98. The molecular formula is C15H21FN2O3. The maximum atomic E-state index is 13.2. The Morgan fingerprint density at radius 2 is 2.00 bits per heavy atom. The average Bonchev–Trinajstić information content (AvgIpc) is 2.34. The number of anilines is 1. The van der Waals surface area contributed by atoms with Gasteiger partial charge in [-0.15, -0.1) is 0 Å². The third kappa shape index (κ3) is 5.15. The molecule has 1 atom stereocenters. The van der Waals surface area contributed by atoms with Crippen LogP contribution in [0.2, 0.25) is 0 Å². The molecule has 0 bridgehead atoms. The van der Waals surface area contributed by atoms with Crippen LogP contribution in [0.5, 0.6) is 0 Å². The Morgan fingerprint density at radius 3 is 2.48 bits per heavy atom. The molecule has 1 rings (SSSR count). The molecule has 0 aliphatic carbocycles. The summed E-state index contributed by atoms with van der Waals surface area (Å²) in [6.07, 6.45) is 0.549. The standard InChI is InChI=1S/C15H21FN2O3/c1-15(2,3)7-9(8-17)13(19)18-12-6-10(16)4-5-11(12)14(20)21/h4-6,9H,7-8,17H2,1-3H3,(H,18,19)(H,20,21). The van der Waals surface area contributed by atoms with Gasteiger partial charge in [-0.1, -0.05) is 20.8 Å².